The summed E-state index contributed by atoms with van der Waals surface area (Å²) in [5.41, 5.74) is 4.40. The molecular weight excluding hydrogens is 505 g/mol. The van der Waals surface area contributed by atoms with Crippen molar-refractivity contribution in [3.63, 3.8) is 0 Å². The van der Waals surface area contributed by atoms with E-state index < -0.39 is 0 Å². The van der Waals surface area contributed by atoms with Gasteiger partial charge in [-0.15, -0.1) is 0 Å². The van der Waals surface area contributed by atoms with Crippen molar-refractivity contribution in [2.24, 2.45) is 0 Å². The first-order valence-corrected chi connectivity index (χ1v) is 12.4. The molecule has 5 aromatic rings. The fraction of sp³-hybridized carbons (Fsp3) is 0.0667. The molecule has 0 aliphatic heterocycles. The molecule has 5 rings (SSSR count). The minimum Gasteiger partial charge on any atom is -0.497 e. The standard InChI is InChI=1S/C30H23Cl2N3O2/c1-37-24-15-12-20(13-16-24)27-19-28(35(34-27)23-14-17-25(31)26(32)18-23)30(36)33-29(21-8-4-2-5-9-21)22-10-6-3-7-11-22/h2-19,29H,1H3,(H,33,36). The van der Waals surface area contributed by atoms with Gasteiger partial charge in [-0.05, 0) is 59.7 Å². The molecule has 1 aromatic heterocycles. The number of carbonyl (C=O) groups is 1. The number of nitrogens with one attached hydrogen (secondary N) is 1. The lowest BCUT2D eigenvalue weighted by molar-refractivity contribution is 0.0935. The molecule has 0 fully saturated rings. The van der Waals surface area contributed by atoms with Crippen LogP contribution in [-0.2, 0) is 0 Å². The lowest BCUT2D eigenvalue weighted by Crippen LogP contribution is -2.31. The maximum Gasteiger partial charge on any atom is 0.270 e. The van der Waals surface area contributed by atoms with Crippen LogP contribution in [0.4, 0.5) is 0 Å². The molecular formula is C30H23Cl2N3O2. The molecule has 0 unspecified atom stereocenters. The molecule has 0 bridgehead atoms. The second-order valence-electron chi connectivity index (χ2n) is 8.38. The fourth-order valence-corrected chi connectivity index (χ4v) is 4.41. The Labute approximate surface area is 225 Å². The first kappa shape index (κ1) is 24.6. The van der Waals surface area contributed by atoms with Crippen LogP contribution < -0.4 is 10.1 Å². The monoisotopic (exact) mass is 527 g/mol. The lowest BCUT2D eigenvalue weighted by atomic mass is 9.98. The normalized spacial score (nSPS) is 10.9. The maximum atomic E-state index is 13.8. The van der Waals surface area contributed by atoms with Crippen LogP contribution in [0, 0.1) is 0 Å². The van der Waals surface area contributed by atoms with Crippen molar-refractivity contribution in [1.82, 2.24) is 15.1 Å². The summed E-state index contributed by atoms with van der Waals surface area (Å²) in [5, 5.41) is 8.77. The zero-order valence-corrected chi connectivity index (χ0v) is 21.4. The van der Waals surface area contributed by atoms with Gasteiger partial charge in [-0.25, -0.2) is 4.68 Å². The van der Waals surface area contributed by atoms with Crippen LogP contribution in [0.5, 0.6) is 5.75 Å². The molecule has 1 heterocycles. The van der Waals surface area contributed by atoms with Crippen molar-refractivity contribution in [3.8, 4) is 22.7 Å². The number of ether oxygens (including phenoxy) is 1. The van der Waals surface area contributed by atoms with Crippen molar-refractivity contribution < 1.29 is 9.53 Å². The highest BCUT2D eigenvalue weighted by molar-refractivity contribution is 6.42. The number of methoxy groups -OCH3 is 1. The maximum absolute atomic E-state index is 13.8. The average Bonchev–Trinajstić information content (AvgIpc) is 3.40. The number of hydrogen-bond donors (Lipinski definition) is 1. The minimum atomic E-state index is -0.350. The van der Waals surface area contributed by atoms with E-state index in [4.69, 9.17) is 33.0 Å². The van der Waals surface area contributed by atoms with Crippen LogP contribution in [-0.4, -0.2) is 22.8 Å². The minimum absolute atomic E-state index is 0.281. The van der Waals surface area contributed by atoms with Gasteiger partial charge in [-0.2, -0.15) is 5.10 Å². The molecule has 0 aliphatic rings. The number of benzene rings is 4. The van der Waals surface area contributed by atoms with Crippen molar-refractivity contribution in [2.75, 3.05) is 7.11 Å². The second kappa shape index (κ2) is 10.9. The Bertz CT molecular complexity index is 1480. The number of carbonyl (C=O) groups excluding carboxylic acids is 1. The summed E-state index contributed by atoms with van der Waals surface area (Å²) in [4.78, 5) is 13.8. The van der Waals surface area contributed by atoms with Gasteiger partial charge in [0.2, 0.25) is 0 Å². The number of hydrogen-bond acceptors (Lipinski definition) is 3. The molecule has 184 valence electrons. The van der Waals surface area contributed by atoms with Crippen LogP contribution in [0.3, 0.4) is 0 Å². The van der Waals surface area contributed by atoms with Crippen molar-refractivity contribution >= 4 is 29.1 Å². The molecule has 0 spiro atoms. The molecule has 7 heteroatoms. The summed E-state index contributed by atoms with van der Waals surface area (Å²) in [7, 11) is 1.62. The van der Waals surface area contributed by atoms with E-state index in [0.29, 0.717) is 27.1 Å². The summed E-state index contributed by atoms with van der Waals surface area (Å²) < 4.78 is 6.86. The highest BCUT2D eigenvalue weighted by atomic mass is 35.5. The van der Waals surface area contributed by atoms with Gasteiger partial charge in [-0.3, -0.25) is 4.79 Å². The van der Waals surface area contributed by atoms with E-state index in [9.17, 15) is 4.79 Å². The molecule has 0 atom stereocenters. The molecule has 4 aromatic carbocycles. The highest BCUT2D eigenvalue weighted by Crippen LogP contribution is 2.29. The third-order valence-corrected chi connectivity index (χ3v) is 6.76. The molecule has 1 N–H and O–H groups in total. The van der Waals surface area contributed by atoms with E-state index in [1.54, 1.807) is 36.1 Å². The first-order valence-electron chi connectivity index (χ1n) is 11.6. The van der Waals surface area contributed by atoms with Gasteiger partial charge in [0.05, 0.1) is 34.6 Å². The highest BCUT2D eigenvalue weighted by Gasteiger charge is 2.23. The van der Waals surface area contributed by atoms with E-state index in [0.717, 1.165) is 22.4 Å². The molecule has 5 nitrogen and oxygen atoms in total. The Kier molecular flexibility index (Phi) is 7.26. The predicted molar refractivity (Wildman–Crippen MR) is 148 cm³/mol. The third kappa shape index (κ3) is 5.38. The van der Waals surface area contributed by atoms with Crippen molar-refractivity contribution in [2.45, 2.75) is 6.04 Å². The predicted octanol–water partition coefficient (Wildman–Crippen LogP) is 7.37. The topological polar surface area (TPSA) is 56.1 Å². The van der Waals surface area contributed by atoms with Crippen LogP contribution in [0.15, 0.2) is 109 Å². The van der Waals surface area contributed by atoms with Gasteiger partial charge in [0.25, 0.3) is 5.91 Å². The van der Waals surface area contributed by atoms with Crippen LogP contribution >= 0.6 is 23.2 Å². The smallest absolute Gasteiger partial charge is 0.270 e. The van der Waals surface area contributed by atoms with E-state index in [2.05, 4.69) is 5.32 Å². The summed E-state index contributed by atoms with van der Waals surface area (Å²) in [6.45, 7) is 0. The summed E-state index contributed by atoms with van der Waals surface area (Å²) in [6, 6.07) is 33.8. The number of halogens is 2. The van der Waals surface area contributed by atoms with Crippen LogP contribution in [0.2, 0.25) is 10.0 Å². The van der Waals surface area contributed by atoms with Gasteiger partial charge in [0.1, 0.15) is 11.4 Å². The molecule has 1 amide bonds. The zero-order valence-electron chi connectivity index (χ0n) is 19.9. The van der Waals surface area contributed by atoms with Crippen LogP contribution in [0.25, 0.3) is 16.9 Å². The molecule has 0 aliphatic carbocycles. The quantitative estimate of drug-likeness (QED) is 0.240. The van der Waals surface area contributed by atoms with Gasteiger partial charge >= 0.3 is 0 Å². The van der Waals surface area contributed by atoms with E-state index in [-0.39, 0.29) is 11.9 Å². The van der Waals surface area contributed by atoms with E-state index in [1.165, 1.54) is 0 Å². The third-order valence-electron chi connectivity index (χ3n) is 6.02. The largest absolute Gasteiger partial charge is 0.497 e. The zero-order chi connectivity index (χ0) is 25.8. The fourth-order valence-electron chi connectivity index (χ4n) is 4.11. The Morgan fingerprint density at radius 2 is 1.43 bits per heavy atom. The van der Waals surface area contributed by atoms with Crippen molar-refractivity contribution in [1.29, 1.82) is 0 Å². The summed E-state index contributed by atoms with van der Waals surface area (Å²) >= 11 is 12.5. The van der Waals surface area contributed by atoms with E-state index in [1.807, 2.05) is 84.9 Å². The number of rotatable bonds is 7. The Balaban J connectivity index is 1.58. The first-order chi connectivity index (χ1) is 18.0. The summed E-state index contributed by atoms with van der Waals surface area (Å²) in [5.74, 6) is 0.454. The summed E-state index contributed by atoms with van der Waals surface area (Å²) in [6.07, 6.45) is 0. The second-order valence-corrected chi connectivity index (χ2v) is 9.20. The number of aromatic nitrogens is 2. The molecule has 0 saturated heterocycles. The van der Waals surface area contributed by atoms with Gasteiger partial charge in [-0.1, -0.05) is 83.9 Å². The SMILES string of the molecule is COc1ccc(-c2cc(C(=O)NC(c3ccccc3)c3ccccc3)n(-c3ccc(Cl)c(Cl)c3)n2)cc1. The van der Waals surface area contributed by atoms with E-state index >= 15 is 0 Å². The van der Waals surface area contributed by atoms with Gasteiger partial charge < -0.3 is 10.1 Å². The van der Waals surface area contributed by atoms with Crippen LogP contribution in [0.1, 0.15) is 27.7 Å². The van der Waals surface area contributed by atoms with Crippen molar-refractivity contribution in [3.05, 3.63) is 136 Å². The molecule has 0 saturated carbocycles. The average molecular weight is 528 g/mol. The molecule has 0 radical (unpaired) electrons. The van der Waals surface area contributed by atoms with Gasteiger partial charge in [0, 0.05) is 5.56 Å². The molecule has 37 heavy (non-hydrogen) atoms. The number of amides is 1. The lowest BCUT2D eigenvalue weighted by Gasteiger charge is -2.20. The Morgan fingerprint density at radius 1 is 0.811 bits per heavy atom. The Hall–Kier alpha value is -4.06. The van der Waals surface area contributed by atoms with Gasteiger partial charge in [0.15, 0.2) is 0 Å². The number of nitrogens with zero attached hydrogens (tertiary/aromatic N) is 2. The Morgan fingerprint density at radius 3 is 2.00 bits per heavy atom.